The zero-order chi connectivity index (χ0) is 10.1. The van der Waals surface area contributed by atoms with Gasteiger partial charge in [-0.25, -0.2) is 0 Å². The highest BCUT2D eigenvalue weighted by Crippen LogP contribution is 2.35. The van der Waals surface area contributed by atoms with Crippen LogP contribution in [0.15, 0.2) is 18.2 Å². The third-order valence-corrected chi connectivity index (χ3v) is 3.63. The van der Waals surface area contributed by atoms with Crippen LogP contribution in [0.5, 0.6) is 0 Å². The van der Waals surface area contributed by atoms with Gasteiger partial charge in [-0.3, -0.25) is 4.79 Å². The van der Waals surface area contributed by atoms with Crippen LogP contribution in [-0.4, -0.2) is 6.29 Å². The maximum absolute atomic E-state index is 10.7. The number of alkyl halides is 1. The summed E-state index contributed by atoms with van der Waals surface area (Å²) in [6.45, 7) is 0. The molecule has 2 nitrogen and oxygen atoms in total. The van der Waals surface area contributed by atoms with Crippen molar-refractivity contribution in [2.45, 2.75) is 5.88 Å². The molecule has 0 saturated heterocycles. The Morgan fingerprint density at radius 3 is 2.93 bits per heavy atom. The van der Waals surface area contributed by atoms with Crippen molar-refractivity contribution >= 4 is 45.0 Å². The Hall–Kier alpha value is -1.06. The summed E-state index contributed by atoms with van der Waals surface area (Å²) in [6.07, 6.45) is 0.790. The van der Waals surface area contributed by atoms with Crippen LogP contribution in [0.25, 0.3) is 10.1 Å². The fraction of sp³-hybridized carbons (Fsp3) is 0.100. The van der Waals surface area contributed by atoms with Crippen LogP contribution in [0.2, 0.25) is 0 Å². The zero-order valence-corrected chi connectivity index (χ0v) is 8.86. The van der Waals surface area contributed by atoms with Gasteiger partial charge in [-0.1, -0.05) is 18.2 Å². The van der Waals surface area contributed by atoms with E-state index in [4.69, 9.17) is 17.3 Å². The van der Waals surface area contributed by atoms with E-state index in [1.165, 1.54) is 11.3 Å². The van der Waals surface area contributed by atoms with Crippen LogP contribution >= 0.6 is 22.9 Å². The zero-order valence-electron chi connectivity index (χ0n) is 7.29. The van der Waals surface area contributed by atoms with Crippen LogP contribution in [0.3, 0.4) is 0 Å². The van der Waals surface area contributed by atoms with Gasteiger partial charge in [0.05, 0.1) is 10.6 Å². The Morgan fingerprint density at radius 1 is 1.50 bits per heavy atom. The average molecular weight is 226 g/mol. The lowest BCUT2D eigenvalue weighted by Gasteiger charge is -1.96. The van der Waals surface area contributed by atoms with Crippen molar-refractivity contribution in [2.75, 3.05) is 5.73 Å². The summed E-state index contributed by atoms with van der Waals surface area (Å²) >= 11 is 7.19. The molecule has 1 aromatic carbocycles. The maximum Gasteiger partial charge on any atom is 0.162 e. The van der Waals surface area contributed by atoms with Gasteiger partial charge in [0.25, 0.3) is 0 Å². The molecule has 72 valence electrons. The third kappa shape index (κ3) is 1.29. The van der Waals surface area contributed by atoms with Crippen LogP contribution < -0.4 is 5.73 Å². The van der Waals surface area contributed by atoms with E-state index in [0.29, 0.717) is 16.4 Å². The van der Waals surface area contributed by atoms with E-state index in [9.17, 15) is 4.79 Å². The molecule has 0 fully saturated rings. The van der Waals surface area contributed by atoms with Crippen molar-refractivity contribution in [3.8, 4) is 0 Å². The Bertz CT molecular complexity index is 492. The Balaban J connectivity index is 2.83. The first-order valence-corrected chi connectivity index (χ1v) is 5.44. The van der Waals surface area contributed by atoms with Gasteiger partial charge in [-0.05, 0) is 5.56 Å². The molecule has 0 saturated carbocycles. The van der Waals surface area contributed by atoms with Crippen LogP contribution in [0.1, 0.15) is 15.2 Å². The molecule has 0 unspecified atom stereocenters. The van der Waals surface area contributed by atoms with Gasteiger partial charge in [-0.2, -0.15) is 0 Å². The monoisotopic (exact) mass is 225 g/mol. The molecular formula is C10H8ClNOS. The summed E-state index contributed by atoms with van der Waals surface area (Å²) in [5.41, 5.74) is 7.39. The first kappa shape index (κ1) is 9.49. The summed E-state index contributed by atoms with van der Waals surface area (Å²) in [5, 5.41) is 0.926. The highest BCUT2D eigenvalue weighted by Gasteiger charge is 2.10. The maximum atomic E-state index is 10.7. The number of halogens is 1. The molecule has 2 rings (SSSR count). The first-order valence-electron chi connectivity index (χ1n) is 4.09. The number of hydrogen-bond acceptors (Lipinski definition) is 3. The summed E-state index contributed by atoms with van der Waals surface area (Å²) in [6, 6.07) is 5.75. The van der Waals surface area contributed by atoms with Crippen molar-refractivity contribution < 1.29 is 4.79 Å². The molecular weight excluding hydrogens is 218 g/mol. The Labute approximate surface area is 90.3 Å². The second kappa shape index (κ2) is 3.59. The minimum absolute atomic E-state index is 0.440. The summed E-state index contributed by atoms with van der Waals surface area (Å²) in [4.78, 5) is 11.3. The van der Waals surface area contributed by atoms with Gasteiger partial charge in [0.1, 0.15) is 0 Å². The van der Waals surface area contributed by atoms with E-state index in [-0.39, 0.29) is 0 Å². The van der Waals surface area contributed by atoms with E-state index in [2.05, 4.69) is 0 Å². The number of anilines is 1. The average Bonchev–Trinajstić information content (AvgIpc) is 2.55. The van der Waals surface area contributed by atoms with E-state index >= 15 is 0 Å². The third-order valence-electron chi connectivity index (χ3n) is 2.12. The predicted molar refractivity (Wildman–Crippen MR) is 61.2 cm³/mol. The highest BCUT2D eigenvalue weighted by atomic mass is 35.5. The number of benzene rings is 1. The molecule has 14 heavy (non-hydrogen) atoms. The number of nitrogen functional groups attached to an aromatic ring is 1. The molecule has 0 aliphatic carbocycles. The summed E-state index contributed by atoms with van der Waals surface area (Å²) < 4.78 is 1.02. The van der Waals surface area contributed by atoms with Gasteiger partial charge in [0.2, 0.25) is 0 Å². The second-order valence-corrected chi connectivity index (χ2v) is 4.24. The Kier molecular flexibility index (Phi) is 2.44. The standard InChI is InChI=1S/C10H8ClNOS/c11-4-6-2-1-3-7-9(12)8(5-13)14-10(6)7/h1-3,5H,4,12H2. The Morgan fingerprint density at radius 2 is 2.29 bits per heavy atom. The fourth-order valence-corrected chi connectivity index (χ4v) is 2.76. The number of fused-ring (bicyclic) bond motifs is 1. The molecule has 0 amide bonds. The van der Waals surface area contributed by atoms with Crippen LogP contribution in [-0.2, 0) is 5.88 Å². The quantitative estimate of drug-likeness (QED) is 0.631. The normalized spacial score (nSPS) is 10.6. The molecule has 1 aromatic heterocycles. The van der Waals surface area contributed by atoms with Gasteiger partial charge in [0, 0.05) is 16.0 Å². The predicted octanol–water partition coefficient (Wildman–Crippen LogP) is 3.03. The van der Waals surface area contributed by atoms with Gasteiger partial charge in [0.15, 0.2) is 6.29 Å². The molecule has 0 spiro atoms. The summed E-state index contributed by atoms with van der Waals surface area (Å²) in [5.74, 6) is 0.440. The molecule has 0 atom stereocenters. The van der Waals surface area contributed by atoms with Crippen molar-refractivity contribution in [1.82, 2.24) is 0 Å². The molecule has 0 bridgehead atoms. The number of carbonyl (C=O) groups is 1. The van der Waals surface area contributed by atoms with Crippen molar-refractivity contribution in [2.24, 2.45) is 0 Å². The number of hydrogen-bond donors (Lipinski definition) is 1. The van der Waals surface area contributed by atoms with E-state index in [1.54, 1.807) is 0 Å². The fourth-order valence-electron chi connectivity index (χ4n) is 1.41. The first-order chi connectivity index (χ1) is 6.77. The van der Waals surface area contributed by atoms with Crippen molar-refractivity contribution in [1.29, 1.82) is 0 Å². The van der Waals surface area contributed by atoms with E-state index in [0.717, 1.165) is 21.9 Å². The molecule has 1 heterocycles. The van der Waals surface area contributed by atoms with E-state index < -0.39 is 0 Å². The van der Waals surface area contributed by atoms with Crippen LogP contribution in [0, 0.1) is 0 Å². The molecule has 0 aliphatic rings. The van der Waals surface area contributed by atoms with Gasteiger partial charge in [-0.15, -0.1) is 22.9 Å². The molecule has 2 aromatic rings. The number of rotatable bonds is 2. The minimum Gasteiger partial charge on any atom is -0.397 e. The topological polar surface area (TPSA) is 43.1 Å². The highest BCUT2D eigenvalue weighted by molar-refractivity contribution is 7.21. The van der Waals surface area contributed by atoms with Crippen LogP contribution in [0.4, 0.5) is 5.69 Å². The van der Waals surface area contributed by atoms with E-state index in [1.807, 2.05) is 18.2 Å². The summed E-state index contributed by atoms with van der Waals surface area (Å²) in [7, 11) is 0. The lowest BCUT2D eigenvalue weighted by atomic mass is 10.1. The smallest absolute Gasteiger partial charge is 0.162 e. The lowest BCUT2D eigenvalue weighted by Crippen LogP contribution is -1.86. The SMILES string of the molecule is Nc1c(C=O)sc2c(CCl)cccc12. The van der Waals surface area contributed by atoms with Gasteiger partial charge < -0.3 is 5.73 Å². The van der Waals surface area contributed by atoms with Crippen molar-refractivity contribution in [3.05, 3.63) is 28.6 Å². The molecule has 4 heteroatoms. The second-order valence-electron chi connectivity index (χ2n) is 2.93. The number of nitrogens with two attached hydrogens (primary N) is 1. The van der Waals surface area contributed by atoms with Crippen molar-refractivity contribution in [3.63, 3.8) is 0 Å². The number of aldehydes is 1. The minimum atomic E-state index is 0.440. The molecule has 2 N–H and O–H groups in total. The lowest BCUT2D eigenvalue weighted by molar-refractivity contribution is 0.112. The largest absolute Gasteiger partial charge is 0.397 e. The number of carbonyl (C=O) groups excluding carboxylic acids is 1. The number of thiophene rings is 1. The molecule has 0 radical (unpaired) electrons. The van der Waals surface area contributed by atoms with Gasteiger partial charge >= 0.3 is 0 Å². The molecule has 0 aliphatic heterocycles.